The zero-order valence-electron chi connectivity index (χ0n) is 15.2. The number of nitrogens with one attached hydrogen (secondary N) is 1. The zero-order chi connectivity index (χ0) is 17.6. The Bertz CT molecular complexity index is 697. The van der Waals surface area contributed by atoms with E-state index in [1.165, 1.54) is 12.8 Å². The van der Waals surface area contributed by atoms with Gasteiger partial charge in [-0.15, -0.1) is 0 Å². The van der Waals surface area contributed by atoms with Gasteiger partial charge in [-0.25, -0.2) is 4.98 Å². The van der Waals surface area contributed by atoms with Gasteiger partial charge in [0.25, 0.3) is 0 Å². The van der Waals surface area contributed by atoms with E-state index in [1.54, 1.807) is 0 Å². The van der Waals surface area contributed by atoms with Gasteiger partial charge in [0.15, 0.2) is 0 Å². The van der Waals surface area contributed by atoms with Gasteiger partial charge < -0.3 is 15.0 Å². The number of nitrogens with zero attached hydrogens (tertiary/aromatic N) is 4. The molecule has 1 aromatic heterocycles. The van der Waals surface area contributed by atoms with Gasteiger partial charge in [-0.05, 0) is 12.8 Å². The number of ether oxygens (including phenoxy) is 1. The first-order chi connectivity index (χ1) is 12.9. The quantitative estimate of drug-likeness (QED) is 0.861. The van der Waals surface area contributed by atoms with E-state index in [1.807, 2.05) is 6.07 Å². The number of morpholine rings is 1. The fraction of sp³-hybridized carbons (Fsp3) is 0.500. The molecule has 6 nitrogen and oxygen atoms in total. The molecular formula is C20H27N5O. The molecule has 0 aliphatic carbocycles. The molecule has 2 aliphatic heterocycles. The minimum absolute atomic E-state index is 0.838. The summed E-state index contributed by atoms with van der Waals surface area (Å²) in [4.78, 5) is 14.3. The minimum atomic E-state index is 0.838. The van der Waals surface area contributed by atoms with Gasteiger partial charge in [-0.1, -0.05) is 30.3 Å². The van der Waals surface area contributed by atoms with Crippen LogP contribution in [0.25, 0.3) is 11.3 Å². The Morgan fingerprint density at radius 1 is 0.962 bits per heavy atom. The molecule has 0 spiro atoms. The molecular weight excluding hydrogens is 326 g/mol. The third-order valence-corrected chi connectivity index (χ3v) is 5.01. The second kappa shape index (κ2) is 8.47. The Kier molecular flexibility index (Phi) is 5.62. The average Bonchev–Trinajstić information content (AvgIpc) is 3.24. The molecule has 2 fully saturated rings. The molecule has 26 heavy (non-hydrogen) atoms. The van der Waals surface area contributed by atoms with E-state index in [9.17, 15) is 0 Å². The third-order valence-electron chi connectivity index (χ3n) is 5.01. The summed E-state index contributed by atoms with van der Waals surface area (Å²) < 4.78 is 5.41. The Hall–Kier alpha value is -2.18. The van der Waals surface area contributed by atoms with Crippen molar-refractivity contribution in [2.45, 2.75) is 12.8 Å². The lowest BCUT2D eigenvalue weighted by Gasteiger charge is -2.26. The van der Waals surface area contributed by atoms with Crippen LogP contribution < -0.4 is 10.2 Å². The predicted octanol–water partition coefficient (Wildman–Crippen LogP) is 2.49. The molecule has 0 unspecified atom stereocenters. The van der Waals surface area contributed by atoms with Crippen LogP contribution in [0.2, 0.25) is 0 Å². The van der Waals surface area contributed by atoms with Crippen LogP contribution in [0.1, 0.15) is 12.8 Å². The maximum absolute atomic E-state index is 5.41. The van der Waals surface area contributed by atoms with E-state index in [0.717, 1.165) is 75.5 Å². The second-order valence-corrected chi connectivity index (χ2v) is 6.88. The van der Waals surface area contributed by atoms with Crippen LogP contribution in [-0.4, -0.2) is 67.4 Å². The van der Waals surface area contributed by atoms with E-state index in [-0.39, 0.29) is 0 Å². The molecule has 0 atom stereocenters. The fourth-order valence-electron chi connectivity index (χ4n) is 3.51. The Balaban J connectivity index is 1.49. The summed E-state index contributed by atoms with van der Waals surface area (Å²) in [6.07, 6.45) is 2.44. The van der Waals surface area contributed by atoms with E-state index in [4.69, 9.17) is 14.7 Å². The van der Waals surface area contributed by atoms with E-state index in [2.05, 4.69) is 45.4 Å². The third kappa shape index (κ3) is 4.31. The first-order valence-corrected chi connectivity index (χ1v) is 9.62. The van der Waals surface area contributed by atoms with Crippen LogP contribution in [0.5, 0.6) is 0 Å². The number of anilines is 2. The average molecular weight is 353 g/mol. The van der Waals surface area contributed by atoms with Crippen molar-refractivity contribution in [3.8, 4) is 11.3 Å². The summed E-state index contributed by atoms with van der Waals surface area (Å²) in [7, 11) is 0. The highest BCUT2D eigenvalue weighted by atomic mass is 16.5. The van der Waals surface area contributed by atoms with Gasteiger partial charge in [0.05, 0.1) is 18.9 Å². The summed E-state index contributed by atoms with van der Waals surface area (Å²) in [5, 5.41) is 3.51. The van der Waals surface area contributed by atoms with Crippen molar-refractivity contribution in [3.05, 3.63) is 36.4 Å². The van der Waals surface area contributed by atoms with Gasteiger partial charge in [0.2, 0.25) is 5.95 Å². The topological polar surface area (TPSA) is 53.5 Å². The van der Waals surface area contributed by atoms with E-state index >= 15 is 0 Å². The van der Waals surface area contributed by atoms with Crippen LogP contribution in [0, 0.1) is 0 Å². The molecule has 1 aromatic carbocycles. The standard InChI is InChI=1S/C20H27N5O/c1-2-6-17(7-3-1)18-16-19(21-8-11-24-12-14-26-15-13-24)23-20(22-18)25-9-4-5-10-25/h1-3,6-7,16H,4-5,8-15H2,(H,21,22,23). The minimum Gasteiger partial charge on any atom is -0.379 e. The van der Waals surface area contributed by atoms with Crippen molar-refractivity contribution in [3.63, 3.8) is 0 Å². The Morgan fingerprint density at radius 3 is 2.50 bits per heavy atom. The second-order valence-electron chi connectivity index (χ2n) is 6.88. The molecule has 0 bridgehead atoms. The van der Waals surface area contributed by atoms with Crippen molar-refractivity contribution in [2.75, 3.05) is 62.7 Å². The predicted molar refractivity (Wildman–Crippen MR) is 105 cm³/mol. The molecule has 3 heterocycles. The van der Waals surface area contributed by atoms with Gasteiger partial charge >= 0.3 is 0 Å². The van der Waals surface area contributed by atoms with Gasteiger partial charge in [0.1, 0.15) is 5.82 Å². The molecule has 0 saturated carbocycles. The molecule has 1 N–H and O–H groups in total. The smallest absolute Gasteiger partial charge is 0.227 e. The Morgan fingerprint density at radius 2 is 1.73 bits per heavy atom. The van der Waals surface area contributed by atoms with Crippen LogP contribution in [0.4, 0.5) is 11.8 Å². The summed E-state index contributed by atoms with van der Waals surface area (Å²) in [6.45, 7) is 7.68. The van der Waals surface area contributed by atoms with Crippen LogP contribution in [-0.2, 0) is 4.74 Å². The normalized spacial score (nSPS) is 18.2. The first kappa shape index (κ1) is 17.2. The number of aromatic nitrogens is 2. The highest BCUT2D eigenvalue weighted by molar-refractivity contribution is 5.64. The SMILES string of the molecule is c1ccc(-c2cc(NCCN3CCOCC3)nc(N3CCCC3)n2)cc1. The van der Waals surface area contributed by atoms with E-state index in [0.29, 0.717) is 0 Å². The summed E-state index contributed by atoms with van der Waals surface area (Å²) in [5.41, 5.74) is 2.11. The van der Waals surface area contributed by atoms with Crippen LogP contribution in [0.3, 0.4) is 0 Å². The number of benzene rings is 1. The van der Waals surface area contributed by atoms with Crippen LogP contribution >= 0.6 is 0 Å². The van der Waals surface area contributed by atoms with Gasteiger partial charge in [0, 0.05) is 50.9 Å². The number of hydrogen-bond acceptors (Lipinski definition) is 6. The van der Waals surface area contributed by atoms with Crippen molar-refractivity contribution in [1.82, 2.24) is 14.9 Å². The summed E-state index contributed by atoms with van der Waals surface area (Å²) >= 11 is 0. The van der Waals surface area contributed by atoms with Crippen molar-refractivity contribution < 1.29 is 4.74 Å². The zero-order valence-corrected chi connectivity index (χ0v) is 15.2. The van der Waals surface area contributed by atoms with Gasteiger partial charge in [-0.2, -0.15) is 4.98 Å². The fourth-order valence-corrected chi connectivity index (χ4v) is 3.51. The molecule has 0 radical (unpaired) electrons. The summed E-state index contributed by atoms with van der Waals surface area (Å²) in [6, 6.07) is 12.4. The van der Waals surface area contributed by atoms with Crippen molar-refractivity contribution in [1.29, 1.82) is 0 Å². The molecule has 2 saturated heterocycles. The number of rotatable bonds is 6. The molecule has 138 valence electrons. The van der Waals surface area contributed by atoms with Crippen LogP contribution in [0.15, 0.2) is 36.4 Å². The molecule has 2 aliphatic rings. The van der Waals surface area contributed by atoms with Crippen molar-refractivity contribution in [2.24, 2.45) is 0 Å². The lowest BCUT2D eigenvalue weighted by molar-refractivity contribution is 0.0398. The molecule has 6 heteroatoms. The maximum Gasteiger partial charge on any atom is 0.227 e. The highest BCUT2D eigenvalue weighted by Gasteiger charge is 2.17. The number of hydrogen-bond donors (Lipinski definition) is 1. The van der Waals surface area contributed by atoms with Crippen molar-refractivity contribution >= 4 is 11.8 Å². The summed E-state index contributed by atoms with van der Waals surface area (Å²) in [5.74, 6) is 1.76. The molecule has 4 rings (SSSR count). The highest BCUT2D eigenvalue weighted by Crippen LogP contribution is 2.24. The van der Waals surface area contributed by atoms with E-state index < -0.39 is 0 Å². The Labute approximate surface area is 155 Å². The first-order valence-electron chi connectivity index (χ1n) is 9.62. The molecule has 0 amide bonds. The maximum atomic E-state index is 5.41. The lowest BCUT2D eigenvalue weighted by Crippen LogP contribution is -2.39. The monoisotopic (exact) mass is 353 g/mol. The van der Waals surface area contributed by atoms with Gasteiger partial charge in [-0.3, -0.25) is 4.90 Å². The lowest BCUT2D eigenvalue weighted by atomic mass is 10.1. The molecule has 2 aromatic rings. The largest absolute Gasteiger partial charge is 0.379 e.